The first-order valence-electron chi connectivity index (χ1n) is 2.27. The van der Waals surface area contributed by atoms with Crippen molar-refractivity contribution in [2.75, 3.05) is 0 Å². The molecule has 2 radical (unpaired) electrons. The molecule has 0 atom stereocenters. The maximum Gasteiger partial charge on any atom is 0 e. The summed E-state index contributed by atoms with van der Waals surface area (Å²) in [5.41, 5.74) is 0. The quantitative estimate of drug-likeness (QED) is 0.566. The molecule has 0 aliphatic carbocycles. The van der Waals surface area contributed by atoms with Crippen molar-refractivity contribution >= 4 is 12.6 Å². The minimum Gasteiger partial charge on any atom is -0.544 e. The van der Waals surface area contributed by atoms with Gasteiger partial charge in [-0.15, -0.1) is 6.92 Å². The summed E-state index contributed by atoms with van der Waals surface area (Å²) in [6.45, 7) is 6.43. The molecule has 0 N–H and O–H groups in total. The largest absolute Gasteiger partial charge is 0.544 e. The summed E-state index contributed by atoms with van der Waals surface area (Å²) in [7, 11) is 0. The van der Waals surface area contributed by atoms with Crippen LogP contribution in [0.2, 0.25) is 0 Å². The molecule has 4 heteroatoms. The van der Waals surface area contributed by atoms with Crippen LogP contribution < -0.4 is 0 Å². The first kappa shape index (κ1) is 29.4. The van der Waals surface area contributed by atoms with Crippen LogP contribution in [0.5, 0.6) is 0 Å². The smallest absolute Gasteiger partial charge is 0 e. The Bertz CT molecular complexity index is 59.5. The van der Waals surface area contributed by atoms with E-state index in [2.05, 4.69) is 6.92 Å². The van der Waals surface area contributed by atoms with Crippen LogP contribution in [0.25, 0.3) is 0 Å². The van der Waals surface area contributed by atoms with Gasteiger partial charge in [-0.05, 0) is 0 Å². The van der Waals surface area contributed by atoms with Crippen molar-refractivity contribution in [2.45, 2.75) is 13.8 Å². The summed E-state index contributed by atoms with van der Waals surface area (Å²) in [4.78, 5) is 18.7. The van der Waals surface area contributed by atoms with Crippen molar-refractivity contribution in [1.82, 2.24) is 0 Å². The van der Waals surface area contributed by atoms with Crippen molar-refractivity contribution in [2.24, 2.45) is 5.92 Å². The molecule has 0 unspecified atom stereocenters. The van der Waals surface area contributed by atoms with Gasteiger partial charge in [0.15, 0.2) is 0 Å². The van der Waals surface area contributed by atoms with E-state index in [-0.39, 0.29) is 72.8 Å². The number of hydrogen-bond acceptors (Lipinski definition) is 2. The predicted octanol–water partition coefficient (Wildman–Crippen LogP) is 1.13. The molecule has 2 nitrogen and oxygen atoms in total. The molecule has 0 heterocycles. The third kappa shape index (κ3) is 34.2. The maximum absolute atomic E-state index is 9.35. The van der Waals surface area contributed by atoms with Gasteiger partial charge in [-0.25, -0.2) is 5.92 Å². The fourth-order valence-electron chi connectivity index (χ4n) is 0.0241. The monoisotopic (exact) mass is 306 g/mol. The average molecular weight is 306 g/mol. The van der Waals surface area contributed by atoms with Gasteiger partial charge in [-0.3, -0.25) is 12.6 Å². The van der Waals surface area contributed by atoms with E-state index in [0.717, 1.165) is 0 Å². The first-order valence-corrected chi connectivity index (χ1v) is 2.27. The van der Waals surface area contributed by atoms with Gasteiger partial charge in [0, 0.05) is 65.4 Å². The van der Waals surface area contributed by atoms with E-state index >= 15 is 0 Å². The third-order valence-corrected chi connectivity index (χ3v) is 0.354. The van der Waals surface area contributed by atoms with Crippen LogP contribution in [0.3, 0.4) is 0 Å². The van der Waals surface area contributed by atoms with E-state index in [4.69, 9.17) is 0 Å². The van der Waals surface area contributed by atoms with E-state index in [1.807, 2.05) is 0 Å². The van der Waals surface area contributed by atoms with Crippen LogP contribution in [0.4, 0.5) is 0 Å². The van der Waals surface area contributed by atoms with Gasteiger partial charge in [0.2, 0.25) is 0 Å². The molecule has 0 spiro atoms. The minimum atomic E-state index is -0.676. The summed E-state index contributed by atoms with van der Waals surface area (Å²) >= 11 is 0. The van der Waals surface area contributed by atoms with Crippen molar-refractivity contribution in [3.8, 4) is 0 Å². The van der Waals surface area contributed by atoms with Crippen LogP contribution in [-0.4, -0.2) is 12.6 Å². The Balaban J connectivity index is -0.0000000222. The zero-order chi connectivity index (χ0) is 6.99. The predicted molar refractivity (Wildman–Crippen MR) is 38.0 cm³/mol. The molecule has 0 aliphatic rings. The molecule has 0 saturated carbocycles. The molecule has 0 bridgehead atoms. The van der Waals surface area contributed by atoms with Gasteiger partial charge >= 0.3 is 0 Å². The van der Waals surface area contributed by atoms with Gasteiger partial charge in [-0.1, -0.05) is 0 Å². The molecular weight excluding hydrogens is 294 g/mol. The second-order valence-corrected chi connectivity index (χ2v) is 0.957. The SMILES string of the molecule is CC([C-]=O)[C-]=O.[CH2-]C.[CH3-].[Y].[Y]. The first-order chi connectivity index (χ1) is 3.81. The summed E-state index contributed by atoms with van der Waals surface area (Å²) in [5.74, 6) is -0.676. The maximum atomic E-state index is 9.35. The fourth-order valence-corrected chi connectivity index (χ4v) is 0.0241. The van der Waals surface area contributed by atoms with Gasteiger partial charge in [-0.2, -0.15) is 6.92 Å². The summed E-state index contributed by atoms with van der Waals surface area (Å²) in [6, 6.07) is 0. The summed E-state index contributed by atoms with van der Waals surface area (Å²) in [6.07, 6.45) is 2.88. The number of carbonyl (C=O) groups excluding carboxylic acids is 2. The van der Waals surface area contributed by atoms with Gasteiger partial charge in [0.25, 0.3) is 0 Å². The van der Waals surface area contributed by atoms with E-state index in [0.29, 0.717) is 0 Å². The molecule has 0 aromatic heterocycles. The van der Waals surface area contributed by atoms with Crippen molar-refractivity contribution < 1.29 is 75.0 Å². The molecule has 0 saturated heterocycles. The Morgan fingerprint density at radius 2 is 1.27 bits per heavy atom. The van der Waals surface area contributed by atoms with Gasteiger partial charge < -0.3 is 23.9 Å². The zero-order valence-corrected chi connectivity index (χ0v) is 12.9. The van der Waals surface area contributed by atoms with Gasteiger partial charge in [0.05, 0.1) is 0 Å². The Labute approximate surface area is 120 Å². The number of hydrogen-bond donors (Lipinski definition) is 0. The standard InChI is InChI=1S/C4H4O2.C2H5.CH3.2Y/c1-4(2-5)3-6;1-2;;;/h4H,1H3;1H2,2H3;1H3;;/q-2;2*-1;;. The van der Waals surface area contributed by atoms with Crippen LogP contribution in [0.15, 0.2) is 0 Å². The van der Waals surface area contributed by atoms with Crippen LogP contribution in [0, 0.1) is 20.3 Å². The Kier molecular flexibility index (Phi) is 80.0. The Hall–Kier alpha value is 1.55. The molecule has 0 fully saturated rings. The molecule has 0 aromatic rings. The van der Waals surface area contributed by atoms with Crippen LogP contribution in [0.1, 0.15) is 13.8 Å². The molecule has 0 amide bonds. The van der Waals surface area contributed by atoms with E-state index in [9.17, 15) is 9.59 Å². The third-order valence-electron chi connectivity index (χ3n) is 0.354. The molecule has 11 heavy (non-hydrogen) atoms. The van der Waals surface area contributed by atoms with E-state index in [1.165, 1.54) is 19.5 Å². The Morgan fingerprint density at radius 3 is 1.27 bits per heavy atom. The summed E-state index contributed by atoms with van der Waals surface area (Å²) < 4.78 is 0. The van der Waals surface area contributed by atoms with Crippen LogP contribution >= 0.6 is 0 Å². The Morgan fingerprint density at radius 1 is 1.09 bits per heavy atom. The molecule has 0 aliphatic heterocycles. The summed E-state index contributed by atoms with van der Waals surface area (Å²) in [5, 5.41) is 0. The second-order valence-electron chi connectivity index (χ2n) is 0.957. The van der Waals surface area contributed by atoms with Crippen molar-refractivity contribution in [1.29, 1.82) is 0 Å². The molecule has 62 valence electrons. The van der Waals surface area contributed by atoms with E-state index < -0.39 is 5.92 Å². The minimum absolute atomic E-state index is 0. The van der Waals surface area contributed by atoms with Crippen molar-refractivity contribution in [3.05, 3.63) is 14.4 Å². The van der Waals surface area contributed by atoms with Crippen LogP contribution in [-0.2, 0) is 75.0 Å². The zero-order valence-electron chi connectivity index (χ0n) is 7.26. The normalized spacial score (nSPS) is 5.09. The molecule has 0 aromatic carbocycles. The fraction of sp³-hybridized carbons (Fsp3) is 0.429. The molecular formula is C7H12O2Y2-4. The van der Waals surface area contributed by atoms with Gasteiger partial charge in [0.1, 0.15) is 0 Å². The van der Waals surface area contributed by atoms with E-state index in [1.54, 1.807) is 6.92 Å². The number of rotatable bonds is 2. The molecule has 0 rings (SSSR count). The average Bonchev–Trinajstić information content (AvgIpc) is 1.91. The topological polar surface area (TPSA) is 34.1 Å². The van der Waals surface area contributed by atoms with Crippen molar-refractivity contribution in [3.63, 3.8) is 0 Å². The second kappa shape index (κ2) is 30.0.